The molecule has 0 unspecified atom stereocenters. The van der Waals surface area contributed by atoms with Crippen molar-refractivity contribution in [2.75, 3.05) is 27.2 Å². The fourth-order valence-electron chi connectivity index (χ4n) is 1.99. The molecule has 0 saturated carbocycles. The van der Waals surface area contributed by atoms with Gasteiger partial charge in [-0.2, -0.15) is 0 Å². The van der Waals surface area contributed by atoms with Gasteiger partial charge in [0.15, 0.2) is 0 Å². The number of likely N-dealkylation sites (N-methyl/N-ethyl adjacent to an activating group) is 1. The fraction of sp³-hybridized carbons (Fsp3) is 0.538. The first-order valence-corrected chi connectivity index (χ1v) is 5.77. The second-order valence-corrected chi connectivity index (χ2v) is 3.97. The highest BCUT2D eigenvalue weighted by molar-refractivity contribution is 5.29. The monoisotopic (exact) mass is 222 g/mol. The van der Waals surface area contributed by atoms with Crippen molar-refractivity contribution in [2.45, 2.75) is 19.4 Å². The molecule has 0 aliphatic heterocycles. The third kappa shape index (κ3) is 3.22. The zero-order valence-corrected chi connectivity index (χ0v) is 10.4. The third-order valence-corrected chi connectivity index (χ3v) is 2.90. The van der Waals surface area contributed by atoms with Crippen LogP contribution in [0.15, 0.2) is 24.3 Å². The van der Waals surface area contributed by atoms with Crippen LogP contribution in [0.4, 0.5) is 0 Å². The summed E-state index contributed by atoms with van der Waals surface area (Å²) in [6.07, 6.45) is 1.09. The van der Waals surface area contributed by atoms with E-state index >= 15 is 0 Å². The van der Waals surface area contributed by atoms with Crippen molar-refractivity contribution in [1.29, 1.82) is 0 Å². The van der Waals surface area contributed by atoms with Gasteiger partial charge in [0, 0.05) is 19.1 Å². The number of nitrogens with zero attached hydrogens (tertiary/aromatic N) is 1. The molecule has 1 rings (SSSR count). The Morgan fingerprint density at radius 1 is 1.31 bits per heavy atom. The number of nitrogens with two attached hydrogens (primary N) is 1. The molecule has 0 heterocycles. The van der Waals surface area contributed by atoms with Crippen LogP contribution in [-0.4, -0.2) is 32.1 Å². The summed E-state index contributed by atoms with van der Waals surface area (Å²) in [6.45, 7) is 3.82. The topological polar surface area (TPSA) is 38.5 Å². The van der Waals surface area contributed by atoms with E-state index in [0.29, 0.717) is 12.6 Å². The summed E-state index contributed by atoms with van der Waals surface area (Å²) in [5.41, 5.74) is 6.90. The zero-order valence-electron chi connectivity index (χ0n) is 10.4. The molecular formula is C13H22N2O. The number of hydrogen-bond donors (Lipinski definition) is 1. The van der Waals surface area contributed by atoms with Crippen LogP contribution in [0.2, 0.25) is 0 Å². The highest BCUT2D eigenvalue weighted by atomic mass is 16.5. The standard InChI is InChI=1S/C13H22N2O/c1-4-13(15(2)10-9-14)11-5-7-12(16-3)8-6-11/h5-8,13H,4,9-10,14H2,1-3H3/t13-/m1/s1. The van der Waals surface area contributed by atoms with E-state index in [4.69, 9.17) is 10.5 Å². The molecule has 90 valence electrons. The third-order valence-electron chi connectivity index (χ3n) is 2.90. The highest BCUT2D eigenvalue weighted by Crippen LogP contribution is 2.24. The molecule has 1 aromatic rings. The summed E-state index contributed by atoms with van der Waals surface area (Å²) in [7, 11) is 3.80. The molecule has 0 aliphatic carbocycles. The molecule has 0 aromatic heterocycles. The van der Waals surface area contributed by atoms with Gasteiger partial charge >= 0.3 is 0 Å². The summed E-state index contributed by atoms with van der Waals surface area (Å²) in [6, 6.07) is 8.71. The van der Waals surface area contributed by atoms with Gasteiger partial charge in [-0.1, -0.05) is 19.1 Å². The zero-order chi connectivity index (χ0) is 12.0. The summed E-state index contributed by atoms with van der Waals surface area (Å²) < 4.78 is 5.16. The molecule has 0 saturated heterocycles. The van der Waals surface area contributed by atoms with E-state index in [1.807, 2.05) is 12.1 Å². The molecule has 1 atom stereocenters. The number of methoxy groups -OCH3 is 1. The summed E-state index contributed by atoms with van der Waals surface area (Å²) in [4.78, 5) is 2.29. The predicted octanol–water partition coefficient (Wildman–Crippen LogP) is 2.04. The Bertz CT molecular complexity index is 297. The Morgan fingerprint density at radius 3 is 2.38 bits per heavy atom. The Balaban J connectivity index is 2.78. The van der Waals surface area contributed by atoms with Gasteiger partial charge in [0.2, 0.25) is 0 Å². The lowest BCUT2D eigenvalue weighted by Crippen LogP contribution is -2.29. The molecular weight excluding hydrogens is 200 g/mol. The molecule has 0 fully saturated rings. The Labute approximate surface area is 98.2 Å². The summed E-state index contributed by atoms with van der Waals surface area (Å²) in [5.74, 6) is 0.903. The first-order chi connectivity index (χ1) is 7.72. The van der Waals surface area contributed by atoms with Crippen molar-refractivity contribution in [3.63, 3.8) is 0 Å². The minimum Gasteiger partial charge on any atom is -0.497 e. The van der Waals surface area contributed by atoms with E-state index < -0.39 is 0 Å². The minimum atomic E-state index is 0.439. The van der Waals surface area contributed by atoms with Gasteiger partial charge in [-0.15, -0.1) is 0 Å². The molecule has 16 heavy (non-hydrogen) atoms. The summed E-state index contributed by atoms with van der Waals surface area (Å²) in [5, 5.41) is 0. The number of rotatable bonds is 6. The van der Waals surface area contributed by atoms with E-state index in [9.17, 15) is 0 Å². The van der Waals surface area contributed by atoms with E-state index in [2.05, 4.69) is 31.0 Å². The maximum atomic E-state index is 5.58. The molecule has 0 aliphatic rings. The number of benzene rings is 1. The van der Waals surface area contributed by atoms with Crippen LogP contribution in [0.1, 0.15) is 24.9 Å². The molecule has 1 aromatic carbocycles. The Morgan fingerprint density at radius 2 is 1.94 bits per heavy atom. The lowest BCUT2D eigenvalue weighted by Gasteiger charge is -2.27. The lowest BCUT2D eigenvalue weighted by molar-refractivity contribution is 0.245. The van der Waals surface area contributed by atoms with E-state index in [1.54, 1.807) is 7.11 Å². The van der Waals surface area contributed by atoms with E-state index in [1.165, 1.54) is 5.56 Å². The largest absolute Gasteiger partial charge is 0.497 e. The van der Waals surface area contributed by atoms with Crippen molar-refractivity contribution < 1.29 is 4.74 Å². The highest BCUT2D eigenvalue weighted by Gasteiger charge is 2.13. The molecule has 3 heteroatoms. The number of ether oxygens (including phenoxy) is 1. The average molecular weight is 222 g/mol. The Hall–Kier alpha value is -1.06. The van der Waals surface area contributed by atoms with Crippen LogP contribution in [0.25, 0.3) is 0 Å². The van der Waals surface area contributed by atoms with Crippen LogP contribution in [0.3, 0.4) is 0 Å². The van der Waals surface area contributed by atoms with Gasteiger partial charge in [0.1, 0.15) is 5.75 Å². The van der Waals surface area contributed by atoms with Gasteiger partial charge in [0.25, 0.3) is 0 Å². The summed E-state index contributed by atoms with van der Waals surface area (Å²) >= 11 is 0. The van der Waals surface area contributed by atoms with Crippen LogP contribution in [0, 0.1) is 0 Å². The van der Waals surface area contributed by atoms with Crippen molar-refractivity contribution in [2.24, 2.45) is 5.73 Å². The van der Waals surface area contributed by atoms with Crippen molar-refractivity contribution >= 4 is 0 Å². The van der Waals surface area contributed by atoms with Crippen molar-refractivity contribution in [1.82, 2.24) is 4.90 Å². The van der Waals surface area contributed by atoms with Crippen molar-refractivity contribution in [3.05, 3.63) is 29.8 Å². The molecule has 0 bridgehead atoms. The van der Waals surface area contributed by atoms with Gasteiger partial charge in [0.05, 0.1) is 7.11 Å². The maximum Gasteiger partial charge on any atom is 0.118 e. The molecule has 3 nitrogen and oxygen atoms in total. The number of hydrogen-bond acceptors (Lipinski definition) is 3. The SMILES string of the molecule is CC[C@H](c1ccc(OC)cc1)N(C)CCN. The lowest BCUT2D eigenvalue weighted by atomic mass is 10.0. The van der Waals surface area contributed by atoms with Gasteiger partial charge in [-0.05, 0) is 31.2 Å². The fourth-order valence-corrected chi connectivity index (χ4v) is 1.99. The maximum absolute atomic E-state index is 5.58. The van der Waals surface area contributed by atoms with Gasteiger partial charge < -0.3 is 10.5 Å². The van der Waals surface area contributed by atoms with Gasteiger partial charge in [-0.3, -0.25) is 4.90 Å². The van der Waals surface area contributed by atoms with Crippen LogP contribution < -0.4 is 10.5 Å². The second-order valence-electron chi connectivity index (χ2n) is 3.97. The molecule has 0 radical (unpaired) electrons. The smallest absolute Gasteiger partial charge is 0.118 e. The average Bonchev–Trinajstić information content (AvgIpc) is 2.31. The first-order valence-electron chi connectivity index (χ1n) is 5.77. The normalized spacial score (nSPS) is 12.8. The first kappa shape index (κ1) is 13.0. The second kappa shape index (κ2) is 6.51. The van der Waals surface area contributed by atoms with E-state index in [0.717, 1.165) is 18.7 Å². The molecule has 0 amide bonds. The predicted molar refractivity (Wildman–Crippen MR) is 67.7 cm³/mol. The Kier molecular flexibility index (Phi) is 5.29. The van der Waals surface area contributed by atoms with Crippen LogP contribution in [0.5, 0.6) is 5.75 Å². The van der Waals surface area contributed by atoms with Crippen LogP contribution >= 0.6 is 0 Å². The quantitative estimate of drug-likeness (QED) is 0.800. The van der Waals surface area contributed by atoms with E-state index in [-0.39, 0.29) is 0 Å². The minimum absolute atomic E-state index is 0.439. The van der Waals surface area contributed by atoms with Crippen molar-refractivity contribution in [3.8, 4) is 5.75 Å². The van der Waals surface area contributed by atoms with Gasteiger partial charge in [-0.25, -0.2) is 0 Å². The molecule has 0 spiro atoms. The van der Waals surface area contributed by atoms with Crippen LogP contribution in [-0.2, 0) is 0 Å². The molecule has 2 N–H and O–H groups in total.